The Morgan fingerprint density at radius 3 is 2.68 bits per heavy atom. The number of fused-ring (bicyclic) bond motifs is 1. The molecule has 0 saturated heterocycles. The van der Waals surface area contributed by atoms with Crippen molar-refractivity contribution in [2.24, 2.45) is 0 Å². The molecule has 0 N–H and O–H groups in total. The van der Waals surface area contributed by atoms with Gasteiger partial charge < -0.3 is 0 Å². The van der Waals surface area contributed by atoms with Crippen molar-refractivity contribution in [2.45, 2.75) is 0 Å². The van der Waals surface area contributed by atoms with Crippen molar-refractivity contribution in [2.75, 3.05) is 0 Å². The maximum absolute atomic E-state index is 12.4. The molecule has 0 saturated carbocycles. The van der Waals surface area contributed by atoms with Crippen LogP contribution in [0.25, 0.3) is 22.4 Å². The van der Waals surface area contributed by atoms with Crippen LogP contribution in [0, 0.1) is 0 Å². The van der Waals surface area contributed by atoms with Crippen molar-refractivity contribution in [3.05, 3.63) is 66.0 Å². The topological polar surface area (TPSA) is 47.3 Å². The first-order chi connectivity index (χ1) is 10.7. The summed E-state index contributed by atoms with van der Waals surface area (Å²) in [6, 6.07) is 11.6. The molecule has 0 atom stereocenters. The van der Waals surface area contributed by atoms with E-state index in [0.717, 1.165) is 14.9 Å². The normalized spacial score (nSPS) is 12.3. The summed E-state index contributed by atoms with van der Waals surface area (Å²) in [7, 11) is 0. The molecule has 0 aliphatic heterocycles. The van der Waals surface area contributed by atoms with Gasteiger partial charge in [0.25, 0.3) is 5.56 Å². The van der Waals surface area contributed by atoms with Crippen molar-refractivity contribution in [3.63, 3.8) is 0 Å². The first-order valence-corrected chi connectivity index (χ1v) is 8.90. The summed E-state index contributed by atoms with van der Waals surface area (Å²) in [5.41, 5.74) is 0.770. The summed E-state index contributed by atoms with van der Waals surface area (Å²) in [5, 5.41) is 6.32. The first-order valence-electron chi connectivity index (χ1n) is 6.41. The van der Waals surface area contributed by atoms with Crippen LogP contribution in [0.1, 0.15) is 4.88 Å². The van der Waals surface area contributed by atoms with Gasteiger partial charge >= 0.3 is 0 Å². The Morgan fingerprint density at radius 1 is 1.18 bits per heavy atom. The third-order valence-corrected chi connectivity index (χ3v) is 5.41. The SMILES string of the molecule is O=c1/c(=C/c2cccs2)sc2nc(-c3ccc(Br)cc3)nn12. The molecule has 0 aliphatic rings. The molecule has 7 heteroatoms. The van der Waals surface area contributed by atoms with Crippen LogP contribution in [-0.4, -0.2) is 14.6 Å². The lowest BCUT2D eigenvalue weighted by molar-refractivity contribution is 0.937. The molecule has 22 heavy (non-hydrogen) atoms. The van der Waals surface area contributed by atoms with Gasteiger partial charge in [-0.05, 0) is 29.7 Å². The molecule has 4 nitrogen and oxygen atoms in total. The zero-order valence-electron chi connectivity index (χ0n) is 11.1. The van der Waals surface area contributed by atoms with Gasteiger partial charge in [-0.2, -0.15) is 9.50 Å². The third kappa shape index (κ3) is 2.41. The van der Waals surface area contributed by atoms with Crippen molar-refractivity contribution in [1.82, 2.24) is 14.6 Å². The highest BCUT2D eigenvalue weighted by Gasteiger charge is 2.11. The van der Waals surface area contributed by atoms with E-state index in [2.05, 4.69) is 26.0 Å². The van der Waals surface area contributed by atoms with E-state index < -0.39 is 0 Å². The lowest BCUT2D eigenvalue weighted by Gasteiger charge is -1.94. The molecule has 4 rings (SSSR count). The van der Waals surface area contributed by atoms with Crippen LogP contribution in [-0.2, 0) is 0 Å². The summed E-state index contributed by atoms with van der Waals surface area (Å²) in [6.45, 7) is 0. The molecule has 0 fully saturated rings. The highest BCUT2D eigenvalue weighted by molar-refractivity contribution is 9.10. The molecule has 0 unspecified atom stereocenters. The van der Waals surface area contributed by atoms with Gasteiger partial charge in [0.15, 0.2) is 5.82 Å². The average Bonchev–Trinajstić information content (AvgIpc) is 3.21. The van der Waals surface area contributed by atoms with Crippen molar-refractivity contribution < 1.29 is 0 Å². The van der Waals surface area contributed by atoms with Crippen LogP contribution in [0.15, 0.2) is 51.0 Å². The number of thiophene rings is 1. The molecule has 0 spiro atoms. The van der Waals surface area contributed by atoms with Crippen molar-refractivity contribution in [1.29, 1.82) is 0 Å². The highest BCUT2D eigenvalue weighted by Crippen LogP contribution is 2.19. The Bertz CT molecular complexity index is 1050. The number of thiazole rings is 1. The van der Waals surface area contributed by atoms with E-state index >= 15 is 0 Å². The number of nitrogens with zero attached hydrogens (tertiary/aromatic N) is 3. The fourth-order valence-electron chi connectivity index (χ4n) is 2.06. The van der Waals surface area contributed by atoms with E-state index in [0.29, 0.717) is 15.3 Å². The average molecular weight is 390 g/mol. The summed E-state index contributed by atoms with van der Waals surface area (Å²) in [4.78, 5) is 18.5. The third-order valence-electron chi connectivity index (χ3n) is 3.10. The van der Waals surface area contributed by atoms with Crippen LogP contribution in [0.2, 0.25) is 0 Å². The maximum Gasteiger partial charge on any atom is 0.291 e. The smallest absolute Gasteiger partial charge is 0.266 e. The zero-order valence-corrected chi connectivity index (χ0v) is 14.3. The summed E-state index contributed by atoms with van der Waals surface area (Å²) in [5.74, 6) is 0.568. The molecule has 4 aromatic rings. The van der Waals surface area contributed by atoms with Gasteiger partial charge in [0.1, 0.15) is 0 Å². The molecule has 3 heterocycles. The Kier molecular flexibility index (Phi) is 3.40. The Labute approximate surface area is 141 Å². The Morgan fingerprint density at radius 2 is 2.00 bits per heavy atom. The monoisotopic (exact) mass is 389 g/mol. The molecular weight excluding hydrogens is 382 g/mol. The van der Waals surface area contributed by atoms with Gasteiger partial charge in [0, 0.05) is 14.9 Å². The van der Waals surface area contributed by atoms with Gasteiger partial charge in [0.05, 0.1) is 4.53 Å². The highest BCUT2D eigenvalue weighted by atomic mass is 79.9. The second kappa shape index (κ2) is 5.42. The molecule has 0 radical (unpaired) electrons. The van der Waals surface area contributed by atoms with Crippen LogP contribution >= 0.6 is 38.6 Å². The first kappa shape index (κ1) is 13.8. The molecule has 3 aromatic heterocycles. The minimum atomic E-state index is -0.121. The van der Waals surface area contributed by atoms with E-state index in [-0.39, 0.29) is 5.56 Å². The Balaban J connectivity index is 1.84. The van der Waals surface area contributed by atoms with E-state index in [4.69, 9.17) is 0 Å². The number of hydrogen-bond donors (Lipinski definition) is 0. The second-order valence-corrected chi connectivity index (χ2v) is 7.47. The lowest BCUT2D eigenvalue weighted by Crippen LogP contribution is -2.23. The van der Waals surface area contributed by atoms with Gasteiger partial charge in [-0.1, -0.05) is 45.5 Å². The summed E-state index contributed by atoms with van der Waals surface area (Å²) >= 11 is 6.35. The van der Waals surface area contributed by atoms with Crippen LogP contribution < -0.4 is 10.1 Å². The molecule has 1 aromatic carbocycles. The van der Waals surface area contributed by atoms with Crippen LogP contribution in [0.4, 0.5) is 0 Å². The standard InChI is InChI=1S/C15H8BrN3OS2/c16-10-5-3-9(4-6-10)13-17-15-19(18-13)14(20)12(22-15)8-11-2-1-7-21-11/h1-8H/b12-8-. The van der Waals surface area contributed by atoms with Gasteiger partial charge in [0.2, 0.25) is 4.96 Å². The number of hydrogen-bond acceptors (Lipinski definition) is 5. The van der Waals surface area contributed by atoms with E-state index in [9.17, 15) is 4.79 Å². The summed E-state index contributed by atoms with van der Waals surface area (Å²) in [6.07, 6.45) is 1.88. The molecule has 108 valence electrons. The second-order valence-electron chi connectivity index (χ2n) is 4.57. The van der Waals surface area contributed by atoms with Crippen LogP contribution in [0.3, 0.4) is 0 Å². The maximum atomic E-state index is 12.4. The van der Waals surface area contributed by atoms with Crippen molar-refractivity contribution >= 4 is 49.6 Å². The Hall–Kier alpha value is -1.83. The quantitative estimate of drug-likeness (QED) is 0.528. The minimum absolute atomic E-state index is 0.121. The van der Waals surface area contributed by atoms with E-state index in [1.165, 1.54) is 15.9 Å². The number of halogens is 1. The minimum Gasteiger partial charge on any atom is -0.266 e. The summed E-state index contributed by atoms with van der Waals surface area (Å²) < 4.78 is 3.02. The van der Waals surface area contributed by atoms with Gasteiger partial charge in [-0.25, -0.2) is 0 Å². The van der Waals surface area contributed by atoms with E-state index in [1.807, 2.05) is 47.9 Å². The fourth-order valence-corrected chi connectivity index (χ4v) is 3.95. The van der Waals surface area contributed by atoms with Gasteiger partial charge in [-0.3, -0.25) is 4.79 Å². The number of rotatable bonds is 2. The predicted octanol–water partition coefficient (Wildman–Crippen LogP) is 3.19. The number of benzene rings is 1. The zero-order chi connectivity index (χ0) is 15.1. The van der Waals surface area contributed by atoms with Gasteiger partial charge in [-0.15, -0.1) is 16.4 Å². The van der Waals surface area contributed by atoms with E-state index in [1.54, 1.807) is 11.3 Å². The molecule has 0 bridgehead atoms. The predicted molar refractivity (Wildman–Crippen MR) is 93.4 cm³/mol. The lowest BCUT2D eigenvalue weighted by atomic mass is 10.2. The number of aromatic nitrogens is 3. The van der Waals surface area contributed by atoms with Crippen LogP contribution in [0.5, 0.6) is 0 Å². The molecule has 0 aliphatic carbocycles. The fraction of sp³-hybridized carbons (Fsp3) is 0. The van der Waals surface area contributed by atoms with Crippen molar-refractivity contribution in [3.8, 4) is 11.4 Å². The molecule has 0 amide bonds. The largest absolute Gasteiger partial charge is 0.291 e. The molecular formula is C15H8BrN3OS2.